The molecule has 0 saturated carbocycles. The van der Waals surface area contributed by atoms with E-state index < -0.39 is 5.97 Å². The Balaban J connectivity index is 0.00000144. The van der Waals surface area contributed by atoms with E-state index in [0.717, 1.165) is 5.39 Å². The molecule has 80 valence electrons. The number of carboxylic acid groups (broad SMARTS) is 1. The fraction of sp³-hybridized carbons (Fsp3) is 0.0769. The molecule has 0 bridgehead atoms. The molecule has 17 heavy (non-hydrogen) atoms. The Hall–Kier alpha value is -1.16. The molecule has 2 aromatic carbocycles. The summed E-state index contributed by atoms with van der Waals surface area (Å²) in [6.45, 7) is 1.34. The van der Waals surface area contributed by atoms with Crippen LogP contribution in [0.4, 0.5) is 0 Å². The van der Waals surface area contributed by atoms with Crippen molar-refractivity contribution in [2.24, 2.45) is 0 Å². The molecule has 0 aliphatic rings. The molecule has 0 amide bonds. The number of hydrogen-bond acceptors (Lipinski definition) is 3. The Kier molecular flexibility index (Phi) is 4.46. The molecular formula is C13H9NaO3. The van der Waals surface area contributed by atoms with Crippen LogP contribution in [0.25, 0.3) is 10.8 Å². The first-order chi connectivity index (χ1) is 7.61. The molecule has 0 fully saturated rings. The van der Waals surface area contributed by atoms with E-state index in [0.29, 0.717) is 5.39 Å². The summed E-state index contributed by atoms with van der Waals surface area (Å²) >= 11 is 0. The van der Waals surface area contributed by atoms with Crippen LogP contribution in [-0.4, -0.2) is 11.8 Å². The average Bonchev–Trinajstić information content (AvgIpc) is 2.27. The second-order valence-electron chi connectivity index (χ2n) is 3.55. The zero-order chi connectivity index (χ0) is 11.7. The maximum absolute atomic E-state index is 11.3. The van der Waals surface area contributed by atoms with Gasteiger partial charge in [-0.3, -0.25) is 4.79 Å². The van der Waals surface area contributed by atoms with Gasteiger partial charge in [-0.25, -0.2) is 0 Å². The van der Waals surface area contributed by atoms with Crippen molar-refractivity contribution in [1.82, 2.24) is 0 Å². The van der Waals surface area contributed by atoms with Gasteiger partial charge in [0.25, 0.3) is 0 Å². The number of aromatic carboxylic acids is 1. The molecular weight excluding hydrogens is 227 g/mol. The van der Waals surface area contributed by atoms with E-state index in [1.807, 2.05) is 6.07 Å². The minimum Gasteiger partial charge on any atom is -0.545 e. The summed E-state index contributed by atoms with van der Waals surface area (Å²) in [5.74, 6) is -1.59. The number of hydrogen-bond donors (Lipinski definition) is 0. The van der Waals surface area contributed by atoms with Crippen molar-refractivity contribution in [3.05, 3.63) is 47.5 Å². The standard InChI is InChI=1S/C13H10O3.Na/c1-8(14)10-7-6-9-4-2-3-5-11(9)12(10)13(15)16;/h2-7H,1H3,(H,15,16);/q;+1/p-1. The molecule has 0 aliphatic carbocycles. The summed E-state index contributed by atoms with van der Waals surface area (Å²) in [6.07, 6.45) is 0. The van der Waals surface area contributed by atoms with Crippen molar-refractivity contribution < 1.29 is 44.3 Å². The summed E-state index contributed by atoms with van der Waals surface area (Å²) in [6, 6.07) is 10.3. The number of benzene rings is 2. The summed E-state index contributed by atoms with van der Waals surface area (Å²) in [4.78, 5) is 22.4. The Bertz CT molecular complexity index is 590. The van der Waals surface area contributed by atoms with E-state index in [1.165, 1.54) is 13.0 Å². The minimum atomic E-state index is -1.32. The van der Waals surface area contributed by atoms with E-state index in [1.54, 1.807) is 24.3 Å². The van der Waals surface area contributed by atoms with Crippen LogP contribution in [0.2, 0.25) is 0 Å². The number of carbonyl (C=O) groups excluding carboxylic acids is 2. The third-order valence-electron chi connectivity index (χ3n) is 2.51. The largest absolute Gasteiger partial charge is 1.00 e. The van der Waals surface area contributed by atoms with Crippen molar-refractivity contribution in [3.63, 3.8) is 0 Å². The van der Waals surface area contributed by atoms with Crippen LogP contribution in [0, 0.1) is 0 Å². The van der Waals surface area contributed by atoms with Gasteiger partial charge in [-0.05, 0) is 17.7 Å². The molecule has 0 heterocycles. The molecule has 0 unspecified atom stereocenters. The molecule has 0 aliphatic heterocycles. The van der Waals surface area contributed by atoms with Crippen molar-refractivity contribution in [3.8, 4) is 0 Å². The summed E-state index contributed by atoms with van der Waals surface area (Å²) in [7, 11) is 0. The van der Waals surface area contributed by atoms with Crippen molar-refractivity contribution in [1.29, 1.82) is 0 Å². The Labute approximate surface area is 121 Å². The van der Waals surface area contributed by atoms with E-state index in [2.05, 4.69) is 0 Å². The van der Waals surface area contributed by atoms with Crippen LogP contribution < -0.4 is 34.7 Å². The van der Waals surface area contributed by atoms with Gasteiger partial charge < -0.3 is 9.90 Å². The van der Waals surface area contributed by atoms with Gasteiger partial charge in [-0.1, -0.05) is 36.4 Å². The molecule has 0 atom stereocenters. The van der Waals surface area contributed by atoms with Gasteiger partial charge in [0, 0.05) is 11.1 Å². The molecule has 0 radical (unpaired) electrons. The predicted molar refractivity (Wildman–Crippen MR) is 58.3 cm³/mol. The summed E-state index contributed by atoms with van der Waals surface area (Å²) < 4.78 is 0. The van der Waals surface area contributed by atoms with Gasteiger partial charge in [0.1, 0.15) is 0 Å². The van der Waals surface area contributed by atoms with E-state index >= 15 is 0 Å². The number of fused-ring (bicyclic) bond motifs is 1. The molecule has 3 nitrogen and oxygen atoms in total. The molecule has 0 aromatic heterocycles. The first-order valence-corrected chi connectivity index (χ1v) is 4.85. The van der Waals surface area contributed by atoms with Crippen molar-refractivity contribution in [2.45, 2.75) is 6.92 Å². The smallest absolute Gasteiger partial charge is 0.545 e. The zero-order valence-electron chi connectivity index (χ0n) is 9.69. The third kappa shape index (κ3) is 2.57. The topological polar surface area (TPSA) is 57.2 Å². The maximum Gasteiger partial charge on any atom is 1.00 e. The van der Waals surface area contributed by atoms with Gasteiger partial charge >= 0.3 is 29.6 Å². The van der Waals surface area contributed by atoms with E-state index in [9.17, 15) is 14.7 Å². The normalized spacial score (nSPS) is 9.71. The molecule has 2 rings (SSSR count). The van der Waals surface area contributed by atoms with Crippen LogP contribution in [0.5, 0.6) is 0 Å². The Morgan fingerprint density at radius 1 is 1.06 bits per heavy atom. The number of ketones is 1. The fourth-order valence-electron chi connectivity index (χ4n) is 1.78. The fourth-order valence-corrected chi connectivity index (χ4v) is 1.78. The number of carboxylic acids is 1. The average molecular weight is 236 g/mol. The van der Waals surface area contributed by atoms with Crippen molar-refractivity contribution >= 4 is 22.5 Å². The van der Waals surface area contributed by atoms with Crippen LogP contribution in [0.1, 0.15) is 27.6 Å². The Morgan fingerprint density at radius 2 is 1.71 bits per heavy atom. The van der Waals surface area contributed by atoms with Gasteiger partial charge in [0.05, 0.1) is 5.97 Å². The SMILES string of the molecule is CC(=O)c1ccc2ccccc2c1C(=O)[O-].[Na+]. The van der Waals surface area contributed by atoms with Crippen molar-refractivity contribution in [2.75, 3.05) is 0 Å². The molecule has 0 spiro atoms. The first-order valence-electron chi connectivity index (χ1n) is 4.85. The molecule has 4 heteroatoms. The summed E-state index contributed by atoms with van der Waals surface area (Å²) in [5, 5.41) is 12.4. The second-order valence-corrected chi connectivity index (χ2v) is 3.55. The van der Waals surface area contributed by atoms with Gasteiger partial charge in [-0.15, -0.1) is 0 Å². The van der Waals surface area contributed by atoms with Crippen LogP contribution >= 0.6 is 0 Å². The molecule has 2 aromatic rings. The summed E-state index contributed by atoms with van der Waals surface area (Å²) in [5.41, 5.74) is 0.171. The van der Waals surface area contributed by atoms with Gasteiger partial charge in [-0.2, -0.15) is 0 Å². The monoisotopic (exact) mass is 236 g/mol. The minimum absolute atomic E-state index is 0. The second kappa shape index (κ2) is 5.45. The number of carbonyl (C=O) groups is 2. The molecule has 0 saturated heterocycles. The number of rotatable bonds is 2. The van der Waals surface area contributed by atoms with E-state index in [4.69, 9.17) is 0 Å². The number of Topliss-reactive ketones (excluding diaryl/α,β-unsaturated/α-hetero) is 1. The predicted octanol–water partition coefficient (Wildman–Crippen LogP) is -1.59. The van der Waals surface area contributed by atoms with Crippen LogP contribution in [-0.2, 0) is 0 Å². The van der Waals surface area contributed by atoms with Crippen LogP contribution in [0.3, 0.4) is 0 Å². The van der Waals surface area contributed by atoms with Gasteiger partial charge in [0.2, 0.25) is 0 Å². The maximum atomic E-state index is 11.3. The zero-order valence-corrected chi connectivity index (χ0v) is 11.7. The van der Waals surface area contributed by atoms with Crippen LogP contribution in [0.15, 0.2) is 36.4 Å². The van der Waals surface area contributed by atoms with Gasteiger partial charge in [0.15, 0.2) is 5.78 Å². The Morgan fingerprint density at radius 3 is 2.29 bits per heavy atom. The first kappa shape index (κ1) is 13.9. The quantitative estimate of drug-likeness (QED) is 0.466. The third-order valence-corrected chi connectivity index (χ3v) is 2.51. The molecule has 0 N–H and O–H groups in total. The van der Waals surface area contributed by atoms with E-state index in [-0.39, 0.29) is 46.5 Å².